The van der Waals surface area contributed by atoms with E-state index in [4.69, 9.17) is 18.9 Å². The van der Waals surface area contributed by atoms with Crippen LogP contribution in [0.15, 0.2) is 97.1 Å². The third kappa shape index (κ3) is 9.46. The number of benzene rings is 4. The fourth-order valence-corrected chi connectivity index (χ4v) is 3.89. The molecule has 0 saturated carbocycles. The minimum atomic E-state index is -0.589. The SMILES string of the molecule is CCCCOc1ccc(C(=O)Oc2ccc(C(=O)Oc3ccc(C(=O)Nc4cccc(OCCCC)c4)cc3)cc2)cc1. The van der Waals surface area contributed by atoms with Crippen LogP contribution in [0.2, 0.25) is 0 Å². The van der Waals surface area contributed by atoms with E-state index in [2.05, 4.69) is 19.2 Å². The molecule has 0 aliphatic heterocycles. The summed E-state index contributed by atoms with van der Waals surface area (Å²) in [5.41, 5.74) is 1.68. The van der Waals surface area contributed by atoms with Crippen molar-refractivity contribution in [2.45, 2.75) is 39.5 Å². The molecule has 1 amide bonds. The molecule has 43 heavy (non-hydrogen) atoms. The first-order valence-corrected chi connectivity index (χ1v) is 14.4. The Morgan fingerprint density at radius 1 is 0.558 bits per heavy atom. The second kappa shape index (κ2) is 15.8. The monoisotopic (exact) mass is 581 g/mol. The van der Waals surface area contributed by atoms with Crippen LogP contribution < -0.4 is 24.3 Å². The Morgan fingerprint density at radius 2 is 1.02 bits per heavy atom. The molecule has 222 valence electrons. The highest BCUT2D eigenvalue weighted by molar-refractivity contribution is 6.04. The van der Waals surface area contributed by atoms with Crippen molar-refractivity contribution in [1.29, 1.82) is 0 Å². The fourth-order valence-electron chi connectivity index (χ4n) is 3.89. The van der Waals surface area contributed by atoms with Crippen molar-refractivity contribution in [3.05, 3.63) is 114 Å². The summed E-state index contributed by atoms with van der Waals surface area (Å²) in [6.07, 6.45) is 4.00. The maximum absolute atomic E-state index is 12.7. The Bertz CT molecular complexity index is 1500. The van der Waals surface area contributed by atoms with Gasteiger partial charge >= 0.3 is 11.9 Å². The average Bonchev–Trinajstić information content (AvgIpc) is 3.02. The molecule has 4 rings (SSSR count). The van der Waals surface area contributed by atoms with Crippen LogP contribution in [0.25, 0.3) is 0 Å². The van der Waals surface area contributed by atoms with Crippen LogP contribution in [0, 0.1) is 0 Å². The topological polar surface area (TPSA) is 100 Å². The van der Waals surface area contributed by atoms with Gasteiger partial charge in [0.25, 0.3) is 5.91 Å². The number of hydrogen-bond donors (Lipinski definition) is 1. The maximum Gasteiger partial charge on any atom is 0.343 e. The Kier molecular flexibility index (Phi) is 11.3. The van der Waals surface area contributed by atoms with Crippen molar-refractivity contribution in [2.24, 2.45) is 0 Å². The first-order chi connectivity index (χ1) is 20.9. The molecule has 8 heteroatoms. The number of unbranched alkanes of at least 4 members (excludes halogenated alkanes) is 2. The van der Waals surface area contributed by atoms with Gasteiger partial charge in [-0.1, -0.05) is 32.8 Å². The Hall–Kier alpha value is -5.11. The van der Waals surface area contributed by atoms with Crippen molar-refractivity contribution in [2.75, 3.05) is 18.5 Å². The molecule has 0 aliphatic carbocycles. The predicted octanol–water partition coefficient (Wildman–Crippen LogP) is 7.74. The molecule has 0 fully saturated rings. The summed E-state index contributed by atoms with van der Waals surface area (Å²) in [6.45, 7) is 5.43. The van der Waals surface area contributed by atoms with E-state index in [9.17, 15) is 14.4 Å². The Morgan fingerprint density at radius 3 is 1.53 bits per heavy atom. The third-order valence-corrected chi connectivity index (χ3v) is 6.34. The van der Waals surface area contributed by atoms with E-state index in [1.165, 1.54) is 24.3 Å². The molecule has 4 aromatic rings. The number of carbonyl (C=O) groups excluding carboxylic acids is 3. The second-order valence-corrected chi connectivity index (χ2v) is 9.74. The van der Waals surface area contributed by atoms with Crippen LogP contribution in [0.3, 0.4) is 0 Å². The summed E-state index contributed by atoms with van der Waals surface area (Å²) >= 11 is 0. The fraction of sp³-hybridized carbons (Fsp3) is 0.229. The molecule has 0 radical (unpaired) electrons. The molecule has 0 heterocycles. The molecule has 0 atom stereocenters. The van der Waals surface area contributed by atoms with Crippen molar-refractivity contribution in [3.8, 4) is 23.0 Å². The zero-order valence-electron chi connectivity index (χ0n) is 24.3. The Labute approximate surface area is 251 Å². The van der Waals surface area contributed by atoms with E-state index in [1.54, 1.807) is 60.7 Å². The van der Waals surface area contributed by atoms with Gasteiger partial charge in [-0.15, -0.1) is 0 Å². The molecule has 8 nitrogen and oxygen atoms in total. The van der Waals surface area contributed by atoms with Gasteiger partial charge in [0.15, 0.2) is 0 Å². The van der Waals surface area contributed by atoms with Gasteiger partial charge in [-0.25, -0.2) is 9.59 Å². The van der Waals surface area contributed by atoms with Gasteiger partial charge in [0, 0.05) is 17.3 Å². The zero-order valence-corrected chi connectivity index (χ0v) is 24.3. The van der Waals surface area contributed by atoms with E-state index >= 15 is 0 Å². The number of carbonyl (C=O) groups is 3. The molecule has 0 saturated heterocycles. The minimum absolute atomic E-state index is 0.274. The smallest absolute Gasteiger partial charge is 0.343 e. The average molecular weight is 582 g/mol. The highest BCUT2D eigenvalue weighted by Gasteiger charge is 2.13. The van der Waals surface area contributed by atoms with Crippen LogP contribution >= 0.6 is 0 Å². The maximum atomic E-state index is 12.7. The normalized spacial score (nSPS) is 10.5. The van der Waals surface area contributed by atoms with Gasteiger partial charge < -0.3 is 24.3 Å². The summed E-state index contributed by atoms with van der Waals surface area (Å²) in [6, 6.07) is 26.3. The highest BCUT2D eigenvalue weighted by atomic mass is 16.5. The summed E-state index contributed by atoms with van der Waals surface area (Å²) < 4.78 is 22.2. The molecule has 0 bridgehead atoms. The first kappa shape index (κ1) is 30.8. The number of rotatable bonds is 14. The van der Waals surface area contributed by atoms with Crippen LogP contribution in [0.4, 0.5) is 5.69 Å². The molecule has 1 N–H and O–H groups in total. The number of nitrogens with one attached hydrogen (secondary N) is 1. The van der Waals surface area contributed by atoms with Gasteiger partial charge in [0.1, 0.15) is 23.0 Å². The molecular weight excluding hydrogens is 546 g/mol. The quantitative estimate of drug-likeness (QED) is 0.0924. The molecular formula is C35H35NO7. The summed E-state index contributed by atoms with van der Waals surface area (Å²) in [5.74, 6) is 0.549. The van der Waals surface area contributed by atoms with Gasteiger partial charge in [0.2, 0.25) is 0 Å². The third-order valence-electron chi connectivity index (χ3n) is 6.34. The molecule has 4 aromatic carbocycles. The van der Waals surface area contributed by atoms with Crippen molar-refractivity contribution in [3.63, 3.8) is 0 Å². The predicted molar refractivity (Wildman–Crippen MR) is 164 cm³/mol. The first-order valence-electron chi connectivity index (χ1n) is 14.4. The van der Waals surface area contributed by atoms with Crippen molar-refractivity contribution >= 4 is 23.5 Å². The van der Waals surface area contributed by atoms with Crippen molar-refractivity contribution < 1.29 is 33.3 Å². The lowest BCUT2D eigenvalue weighted by Gasteiger charge is -2.10. The van der Waals surface area contributed by atoms with Gasteiger partial charge in [0.05, 0.1) is 24.3 Å². The van der Waals surface area contributed by atoms with E-state index < -0.39 is 11.9 Å². The van der Waals surface area contributed by atoms with Gasteiger partial charge in [-0.05, 0) is 97.8 Å². The van der Waals surface area contributed by atoms with E-state index in [0.717, 1.165) is 25.7 Å². The largest absolute Gasteiger partial charge is 0.494 e. The van der Waals surface area contributed by atoms with Crippen molar-refractivity contribution in [1.82, 2.24) is 0 Å². The van der Waals surface area contributed by atoms with E-state index in [0.29, 0.717) is 47.3 Å². The lowest BCUT2D eigenvalue weighted by molar-refractivity contribution is 0.0730. The van der Waals surface area contributed by atoms with Crippen LogP contribution in [-0.4, -0.2) is 31.1 Å². The summed E-state index contributed by atoms with van der Waals surface area (Å²) in [5, 5.41) is 2.85. The lowest BCUT2D eigenvalue weighted by atomic mass is 10.2. The number of hydrogen-bond acceptors (Lipinski definition) is 7. The van der Waals surface area contributed by atoms with E-state index in [-0.39, 0.29) is 17.2 Å². The molecule has 0 aliphatic rings. The van der Waals surface area contributed by atoms with Gasteiger partial charge in [-0.3, -0.25) is 4.79 Å². The molecule has 0 spiro atoms. The van der Waals surface area contributed by atoms with Crippen LogP contribution in [-0.2, 0) is 0 Å². The van der Waals surface area contributed by atoms with E-state index in [1.807, 2.05) is 12.1 Å². The number of anilines is 1. The molecule has 0 aromatic heterocycles. The van der Waals surface area contributed by atoms with Gasteiger partial charge in [-0.2, -0.15) is 0 Å². The minimum Gasteiger partial charge on any atom is -0.494 e. The summed E-state index contributed by atoms with van der Waals surface area (Å²) in [7, 11) is 0. The number of ether oxygens (including phenoxy) is 4. The number of esters is 2. The van der Waals surface area contributed by atoms with Crippen LogP contribution in [0.1, 0.15) is 70.6 Å². The zero-order chi connectivity index (χ0) is 30.4. The van der Waals surface area contributed by atoms with Crippen LogP contribution in [0.5, 0.6) is 23.0 Å². The standard InChI is InChI=1S/C35H35NO7/c1-3-5-22-40-29-16-12-26(13-17-29)34(38)43-31-20-14-27(15-21-31)35(39)42-30-18-10-25(11-19-30)33(37)36-28-8-7-9-32(24-28)41-23-6-4-2/h7-21,24H,3-6,22-23H2,1-2H3,(H,36,37). The summed E-state index contributed by atoms with van der Waals surface area (Å²) in [4.78, 5) is 37.8. The lowest BCUT2D eigenvalue weighted by Crippen LogP contribution is -2.12. The second-order valence-electron chi connectivity index (χ2n) is 9.74. The molecule has 0 unspecified atom stereocenters. The Balaban J connectivity index is 1.27. The highest BCUT2D eigenvalue weighted by Crippen LogP contribution is 2.21. The number of amides is 1.